The second-order valence-corrected chi connectivity index (χ2v) is 6.09. The fourth-order valence-electron chi connectivity index (χ4n) is 2.23. The minimum absolute atomic E-state index is 0.0293. The van der Waals surface area contributed by atoms with Crippen LogP contribution in [0.2, 0.25) is 5.02 Å². The number of carbonyl (C=O) groups is 1. The SMILES string of the molecule is CC1(C(=O)c2ccc(Br)c(Cl)c2F)CCNCC1. The first-order valence-electron chi connectivity index (χ1n) is 5.85. The summed E-state index contributed by atoms with van der Waals surface area (Å²) in [6, 6.07) is 3.12. The first-order chi connectivity index (χ1) is 8.46. The third-order valence-electron chi connectivity index (χ3n) is 3.54. The molecule has 1 aromatic carbocycles. The molecule has 0 aliphatic carbocycles. The van der Waals surface area contributed by atoms with E-state index in [9.17, 15) is 9.18 Å². The highest BCUT2D eigenvalue weighted by atomic mass is 79.9. The van der Waals surface area contributed by atoms with Crippen molar-refractivity contribution < 1.29 is 9.18 Å². The maximum absolute atomic E-state index is 14.0. The van der Waals surface area contributed by atoms with Gasteiger partial charge < -0.3 is 5.32 Å². The maximum Gasteiger partial charge on any atom is 0.171 e. The number of benzene rings is 1. The molecule has 98 valence electrons. The van der Waals surface area contributed by atoms with E-state index in [-0.39, 0.29) is 16.4 Å². The van der Waals surface area contributed by atoms with E-state index in [1.54, 1.807) is 6.07 Å². The Morgan fingerprint density at radius 1 is 1.44 bits per heavy atom. The Labute approximate surface area is 119 Å². The van der Waals surface area contributed by atoms with E-state index < -0.39 is 11.2 Å². The summed E-state index contributed by atoms with van der Waals surface area (Å²) in [5.74, 6) is -0.785. The van der Waals surface area contributed by atoms with Gasteiger partial charge in [-0.15, -0.1) is 0 Å². The minimum Gasteiger partial charge on any atom is -0.317 e. The molecule has 2 nitrogen and oxygen atoms in total. The number of hydrogen-bond acceptors (Lipinski definition) is 2. The summed E-state index contributed by atoms with van der Waals surface area (Å²) >= 11 is 8.97. The van der Waals surface area contributed by atoms with Crippen LogP contribution in [0.25, 0.3) is 0 Å². The molecular formula is C13H14BrClFNO. The molecule has 0 saturated carbocycles. The van der Waals surface area contributed by atoms with Gasteiger partial charge in [0.2, 0.25) is 0 Å². The van der Waals surface area contributed by atoms with Crippen molar-refractivity contribution in [3.63, 3.8) is 0 Å². The molecule has 1 N–H and O–H groups in total. The van der Waals surface area contributed by atoms with E-state index in [0.717, 1.165) is 25.9 Å². The van der Waals surface area contributed by atoms with E-state index in [0.29, 0.717) is 4.47 Å². The van der Waals surface area contributed by atoms with Crippen LogP contribution in [0.3, 0.4) is 0 Å². The topological polar surface area (TPSA) is 29.1 Å². The molecule has 2 rings (SSSR count). The lowest BCUT2D eigenvalue weighted by atomic mass is 9.75. The van der Waals surface area contributed by atoms with Gasteiger partial charge in [-0.1, -0.05) is 18.5 Å². The number of ketones is 1. The molecule has 0 atom stereocenters. The number of piperidine rings is 1. The number of hydrogen-bond donors (Lipinski definition) is 1. The van der Waals surface area contributed by atoms with Gasteiger partial charge in [-0.05, 0) is 54.0 Å². The van der Waals surface area contributed by atoms with Crippen LogP contribution < -0.4 is 5.32 Å². The average Bonchev–Trinajstić information content (AvgIpc) is 2.36. The van der Waals surface area contributed by atoms with Crippen LogP contribution in [0.4, 0.5) is 4.39 Å². The summed E-state index contributed by atoms with van der Waals surface area (Å²) in [6.07, 6.45) is 1.44. The maximum atomic E-state index is 14.0. The van der Waals surface area contributed by atoms with Crippen molar-refractivity contribution in [2.24, 2.45) is 5.41 Å². The zero-order chi connectivity index (χ0) is 13.3. The fraction of sp³-hybridized carbons (Fsp3) is 0.462. The Kier molecular flexibility index (Phi) is 4.09. The van der Waals surface area contributed by atoms with Gasteiger partial charge in [0.15, 0.2) is 11.6 Å². The largest absolute Gasteiger partial charge is 0.317 e. The summed E-state index contributed by atoms with van der Waals surface area (Å²) in [5, 5.41) is 3.17. The number of rotatable bonds is 2. The van der Waals surface area contributed by atoms with E-state index in [1.807, 2.05) is 6.92 Å². The Bertz CT molecular complexity index is 486. The van der Waals surface area contributed by atoms with Crippen LogP contribution in [-0.4, -0.2) is 18.9 Å². The van der Waals surface area contributed by atoms with E-state index in [4.69, 9.17) is 11.6 Å². The molecule has 0 radical (unpaired) electrons. The highest BCUT2D eigenvalue weighted by Crippen LogP contribution is 2.35. The molecule has 1 heterocycles. The minimum atomic E-state index is -0.629. The number of nitrogens with one attached hydrogen (secondary N) is 1. The first-order valence-corrected chi connectivity index (χ1v) is 7.02. The monoisotopic (exact) mass is 333 g/mol. The van der Waals surface area contributed by atoms with E-state index in [1.165, 1.54) is 6.07 Å². The lowest BCUT2D eigenvalue weighted by molar-refractivity contribution is 0.0758. The molecule has 18 heavy (non-hydrogen) atoms. The molecule has 0 bridgehead atoms. The Balaban J connectivity index is 2.37. The van der Waals surface area contributed by atoms with Crippen molar-refractivity contribution in [2.75, 3.05) is 13.1 Å². The predicted octanol–water partition coefficient (Wildman–Crippen LogP) is 3.81. The van der Waals surface area contributed by atoms with Crippen molar-refractivity contribution in [2.45, 2.75) is 19.8 Å². The smallest absolute Gasteiger partial charge is 0.171 e. The summed E-state index contributed by atoms with van der Waals surface area (Å²) in [5.41, 5.74) is -0.406. The fourth-order valence-corrected chi connectivity index (χ4v) is 2.70. The third-order valence-corrected chi connectivity index (χ3v) is 4.79. The standard InChI is InChI=1S/C13H14BrClFNO/c1-13(4-6-17-7-5-13)12(18)8-2-3-9(14)10(15)11(8)16/h2-3,17H,4-7H2,1H3. The molecule has 5 heteroatoms. The van der Waals surface area contributed by atoms with Gasteiger partial charge in [0, 0.05) is 9.89 Å². The van der Waals surface area contributed by atoms with Crippen LogP contribution in [0.15, 0.2) is 16.6 Å². The molecule has 1 fully saturated rings. The molecule has 1 aromatic rings. The zero-order valence-electron chi connectivity index (χ0n) is 10.0. The highest BCUT2D eigenvalue weighted by Gasteiger charge is 2.36. The molecular weight excluding hydrogens is 321 g/mol. The number of Topliss-reactive ketones (excluding diaryl/α,β-unsaturated/α-hetero) is 1. The molecule has 0 aromatic heterocycles. The summed E-state index contributed by atoms with van der Waals surface area (Å²) in [6.45, 7) is 3.47. The van der Waals surface area contributed by atoms with Gasteiger partial charge in [0.05, 0.1) is 10.6 Å². The molecule has 0 spiro atoms. The van der Waals surface area contributed by atoms with Crippen molar-refractivity contribution in [1.29, 1.82) is 0 Å². The molecule has 1 saturated heterocycles. The highest BCUT2D eigenvalue weighted by molar-refractivity contribution is 9.10. The number of carbonyl (C=O) groups excluding carboxylic acids is 1. The van der Waals surface area contributed by atoms with Gasteiger partial charge >= 0.3 is 0 Å². The lowest BCUT2D eigenvalue weighted by Crippen LogP contribution is -2.40. The van der Waals surface area contributed by atoms with Crippen LogP contribution in [-0.2, 0) is 0 Å². The molecule has 1 aliphatic heterocycles. The van der Waals surface area contributed by atoms with Gasteiger partial charge in [0.1, 0.15) is 0 Å². The Hall–Kier alpha value is -0.450. The summed E-state index contributed by atoms with van der Waals surface area (Å²) in [7, 11) is 0. The second-order valence-electron chi connectivity index (χ2n) is 4.86. The van der Waals surface area contributed by atoms with Gasteiger partial charge in [-0.25, -0.2) is 4.39 Å². The Morgan fingerprint density at radius 2 is 2.06 bits per heavy atom. The molecule has 1 aliphatic rings. The zero-order valence-corrected chi connectivity index (χ0v) is 12.4. The Morgan fingerprint density at radius 3 is 2.67 bits per heavy atom. The first kappa shape index (κ1) is 14.0. The van der Waals surface area contributed by atoms with Gasteiger partial charge in [-0.2, -0.15) is 0 Å². The van der Waals surface area contributed by atoms with Gasteiger partial charge in [-0.3, -0.25) is 4.79 Å². The van der Waals surface area contributed by atoms with Crippen molar-refractivity contribution in [3.05, 3.63) is 33.0 Å². The van der Waals surface area contributed by atoms with E-state index >= 15 is 0 Å². The quantitative estimate of drug-likeness (QED) is 0.658. The lowest BCUT2D eigenvalue weighted by Gasteiger charge is -2.32. The van der Waals surface area contributed by atoms with Crippen molar-refractivity contribution in [1.82, 2.24) is 5.32 Å². The average molecular weight is 335 g/mol. The van der Waals surface area contributed by atoms with Gasteiger partial charge in [0.25, 0.3) is 0 Å². The van der Waals surface area contributed by atoms with E-state index in [2.05, 4.69) is 21.2 Å². The van der Waals surface area contributed by atoms with Crippen molar-refractivity contribution >= 4 is 33.3 Å². The van der Waals surface area contributed by atoms with Crippen LogP contribution in [0, 0.1) is 11.2 Å². The predicted molar refractivity (Wildman–Crippen MR) is 73.7 cm³/mol. The molecule has 0 unspecified atom stereocenters. The molecule has 0 amide bonds. The van der Waals surface area contributed by atoms with Crippen molar-refractivity contribution in [3.8, 4) is 0 Å². The third kappa shape index (κ3) is 2.46. The second kappa shape index (κ2) is 5.27. The van der Waals surface area contributed by atoms with Crippen LogP contribution in [0.5, 0.6) is 0 Å². The summed E-state index contributed by atoms with van der Waals surface area (Å²) in [4.78, 5) is 12.5. The summed E-state index contributed by atoms with van der Waals surface area (Å²) < 4.78 is 14.5. The van der Waals surface area contributed by atoms with Crippen LogP contribution >= 0.6 is 27.5 Å². The van der Waals surface area contributed by atoms with Crippen LogP contribution in [0.1, 0.15) is 30.1 Å². The normalized spacial score (nSPS) is 18.7. The number of halogens is 3.